The number of aliphatic carboxylic acids is 1. The Morgan fingerprint density at radius 1 is 0.560 bits per heavy atom. The summed E-state index contributed by atoms with van der Waals surface area (Å²) in [6, 6.07) is 13.5. The van der Waals surface area contributed by atoms with Crippen molar-refractivity contribution >= 4 is 69.7 Å². The van der Waals surface area contributed by atoms with Crippen LogP contribution < -0.4 is 27.9 Å². The van der Waals surface area contributed by atoms with Crippen LogP contribution in [0.3, 0.4) is 0 Å². The molecule has 0 bridgehead atoms. The first-order chi connectivity index (χ1) is 51.5. The number of hydrogen-bond donors (Lipinski definition) is 10. The van der Waals surface area contributed by atoms with Crippen molar-refractivity contribution in [3.05, 3.63) is 83.5 Å². The van der Waals surface area contributed by atoms with Gasteiger partial charge in [-0.05, 0) is 158 Å². The highest BCUT2D eigenvalue weighted by atomic mass is 79.9. The molecule has 0 radical (unpaired) electrons. The number of rotatable bonds is 21. The number of carbonyl (C=O) groups is 7. The Kier molecular flexibility index (Phi) is 54.6. The average Bonchev–Trinajstić information content (AvgIpc) is 1.77. The number of aliphatic hydroxyl groups is 4. The van der Waals surface area contributed by atoms with E-state index in [9.17, 15) is 33.6 Å². The van der Waals surface area contributed by atoms with Crippen molar-refractivity contribution in [2.75, 3.05) is 117 Å². The van der Waals surface area contributed by atoms with E-state index in [4.69, 9.17) is 60.8 Å². The van der Waals surface area contributed by atoms with Gasteiger partial charge in [-0.1, -0.05) is 78.0 Å². The fourth-order valence-electron chi connectivity index (χ4n) is 10.8. The first-order valence-electron chi connectivity index (χ1n) is 36.8. The molecule has 618 valence electrons. The van der Waals surface area contributed by atoms with Crippen molar-refractivity contribution in [1.82, 2.24) is 60.5 Å². The molecule has 4 aliphatic rings. The maximum absolute atomic E-state index is 12.1. The van der Waals surface area contributed by atoms with E-state index >= 15 is 0 Å². The molecule has 33 heteroatoms. The topological polar surface area (TPSA) is 435 Å². The van der Waals surface area contributed by atoms with Crippen LogP contribution in [0.5, 0.6) is 0 Å². The lowest BCUT2D eigenvalue weighted by Gasteiger charge is -2.38. The molecule has 3 amide bonds. The van der Waals surface area contributed by atoms with Crippen LogP contribution in [0.1, 0.15) is 132 Å². The van der Waals surface area contributed by atoms with Gasteiger partial charge in [0, 0.05) is 104 Å². The minimum Gasteiger partial charge on any atom is -0.478 e. The van der Waals surface area contributed by atoms with E-state index in [1.165, 1.54) is 53.8 Å². The highest BCUT2D eigenvalue weighted by Crippen LogP contribution is 2.22. The Morgan fingerprint density at radius 2 is 0.908 bits per heavy atom. The summed E-state index contributed by atoms with van der Waals surface area (Å²) in [7, 11) is 0. The van der Waals surface area contributed by atoms with Crippen LogP contribution in [-0.4, -0.2) is 271 Å². The molecule has 0 saturated carbocycles. The SMILES string of the molecule is CC(=O)CO.CC(CO)CC(C)CO.CC(N)CO.CC1COCC(C)C1.CC1COCC(C)N1CC(=O)NN.CCOC(=O)CBr.CCOC(=O)CN1C(C)COCC1C.Cc1cc(C)cc(-c2ncn(/C=C\C(=O)NNC(=O)CN3C(C)COCC3C)n2)c1.Cc1cc(C)cc(-c2ncn(/C=C\C(=O)O)n2)c1. The van der Waals surface area contributed by atoms with Gasteiger partial charge in [0.05, 0.1) is 79.1 Å². The largest absolute Gasteiger partial charge is 0.478 e. The first kappa shape index (κ1) is 102. The third kappa shape index (κ3) is 47.5. The molecule has 8 rings (SSSR count). The van der Waals surface area contributed by atoms with Crippen LogP contribution in [0.25, 0.3) is 35.2 Å². The number of nitrogens with zero attached hydrogens (tertiary/aromatic N) is 9. The molecule has 4 aliphatic heterocycles. The quantitative estimate of drug-likeness (QED) is 0.0126. The molecule has 6 heterocycles. The Bertz CT molecular complexity index is 3200. The normalized spacial score (nSPS) is 20.4. The number of benzene rings is 2. The van der Waals surface area contributed by atoms with Gasteiger partial charge in [0.25, 0.3) is 11.8 Å². The van der Waals surface area contributed by atoms with Gasteiger partial charge in [-0.15, -0.1) is 10.2 Å². The minimum atomic E-state index is -1.02. The number of hydrogen-bond acceptors (Lipinski definition) is 26. The van der Waals surface area contributed by atoms with Crippen LogP contribution in [0, 0.1) is 51.4 Å². The summed E-state index contributed by atoms with van der Waals surface area (Å²) in [6.07, 6.45) is 10.4. The number of carboxylic acids is 1. The molecule has 0 aliphatic carbocycles. The fraction of sp³-hybridized carbons (Fsp3) is 0.645. The summed E-state index contributed by atoms with van der Waals surface area (Å²) < 4.78 is 33.7. The molecule has 4 fully saturated rings. The number of aliphatic hydroxyl groups excluding tert-OH is 4. The van der Waals surface area contributed by atoms with Crippen molar-refractivity contribution in [2.24, 2.45) is 35.2 Å². The predicted octanol–water partition coefficient (Wildman–Crippen LogP) is 5.30. The second-order valence-electron chi connectivity index (χ2n) is 27.7. The number of aryl methyl sites for hydroxylation is 4. The van der Waals surface area contributed by atoms with E-state index in [1.54, 1.807) is 13.8 Å². The highest BCUT2D eigenvalue weighted by molar-refractivity contribution is 9.09. The van der Waals surface area contributed by atoms with Gasteiger partial charge in [0.1, 0.15) is 24.6 Å². The Hall–Kier alpha value is -7.35. The molecule has 4 aromatic rings. The summed E-state index contributed by atoms with van der Waals surface area (Å²) in [5.41, 5.74) is 18.4. The molecule has 2 aromatic heterocycles. The number of hydrazine groups is 2. The number of halogens is 1. The van der Waals surface area contributed by atoms with Crippen LogP contribution >= 0.6 is 15.9 Å². The lowest BCUT2D eigenvalue weighted by Crippen LogP contribution is -2.54. The molecule has 12 N–H and O–H groups in total. The van der Waals surface area contributed by atoms with Crippen LogP contribution in [0.2, 0.25) is 0 Å². The second-order valence-corrected chi connectivity index (χ2v) is 28.3. The molecule has 0 spiro atoms. The van der Waals surface area contributed by atoms with E-state index in [-0.39, 0.29) is 92.7 Å². The van der Waals surface area contributed by atoms with E-state index in [0.717, 1.165) is 70.9 Å². The molecule has 109 heavy (non-hydrogen) atoms. The number of ether oxygens (including phenoxy) is 6. The molecule has 11 atom stereocenters. The zero-order chi connectivity index (χ0) is 82.7. The van der Waals surface area contributed by atoms with Gasteiger partial charge < -0.3 is 59.7 Å². The summed E-state index contributed by atoms with van der Waals surface area (Å²) in [4.78, 5) is 91.3. The number of nitrogens with one attached hydrogen (secondary N) is 3. The number of carbonyl (C=O) groups excluding carboxylic acids is 6. The molecule has 32 nitrogen and oxygen atoms in total. The fourth-order valence-corrected chi connectivity index (χ4v) is 10.9. The summed E-state index contributed by atoms with van der Waals surface area (Å²) in [6.45, 7) is 43.4. The number of alkyl halides is 1. The van der Waals surface area contributed by atoms with Gasteiger partial charge in [-0.25, -0.2) is 30.0 Å². The van der Waals surface area contributed by atoms with Crippen molar-refractivity contribution < 1.29 is 87.5 Å². The predicted molar refractivity (Wildman–Crippen MR) is 423 cm³/mol. The van der Waals surface area contributed by atoms with Crippen molar-refractivity contribution in [1.29, 1.82) is 0 Å². The molecule has 4 saturated heterocycles. The summed E-state index contributed by atoms with van der Waals surface area (Å²) >= 11 is 2.94. The first-order valence-corrected chi connectivity index (χ1v) is 37.9. The lowest BCUT2D eigenvalue weighted by atomic mass is 9.96. The molecule has 11 unspecified atom stereocenters. The number of amides is 3. The van der Waals surface area contributed by atoms with Crippen molar-refractivity contribution in [2.45, 2.75) is 180 Å². The zero-order valence-corrected chi connectivity index (χ0v) is 69.1. The minimum absolute atomic E-state index is 0.0602. The summed E-state index contributed by atoms with van der Waals surface area (Å²) in [5, 5.41) is 50.4. The summed E-state index contributed by atoms with van der Waals surface area (Å²) in [5.74, 6) is 5.96. The monoisotopic (exact) mass is 1600 g/mol. The van der Waals surface area contributed by atoms with E-state index < -0.39 is 11.9 Å². The van der Waals surface area contributed by atoms with Crippen molar-refractivity contribution in [3.63, 3.8) is 0 Å². The average molecular weight is 1610 g/mol. The maximum atomic E-state index is 12.1. The van der Waals surface area contributed by atoms with Crippen LogP contribution in [-0.2, 0) is 62.0 Å². The molecule has 2 aromatic carbocycles. The lowest BCUT2D eigenvalue weighted by molar-refractivity contribution is -0.148. The maximum Gasteiger partial charge on any atom is 0.329 e. The van der Waals surface area contributed by atoms with Gasteiger partial charge in [-0.2, -0.15) is 0 Å². The molecular weight excluding hydrogens is 1480 g/mol. The Labute approximate surface area is 653 Å². The van der Waals surface area contributed by atoms with E-state index in [2.05, 4.69) is 107 Å². The zero-order valence-electron chi connectivity index (χ0n) is 67.5. The van der Waals surface area contributed by atoms with Gasteiger partial charge in [0.2, 0.25) is 5.91 Å². The van der Waals surface area contributed by atoms with Crippen molar-refractivity contribution in [3.8, 4) is 22.8 Å². The highest BCUT2D eigenvalue weighted by Gasteiger charge is 2.30. The molecular formula is C76H129BrN14O18. The Balaban J connectivity index is 0.00000129. The number of nitrogens with two attached hydrogens (primary N) is 2. The third-order valence-corrected chi connectivity index (χ3v) is 16.5. The van der Waals surface area contributed by atoms with E-state index in [0.29, 0.717) is 107 Å². The standard InChI is InChI=1S/C21H28N6O3.C13H13N3O2.C10H19NO3.C8H17N3O2.C7H16O2.C7H14O.C4H7BrO2.C3H9NO.C3H6O2/c1-14-7-15(2)9-18(8-14)21-22-13-26(25-21)6-5-19(28)23-24-20(29)10-27-16(3)11-30-12-17(27)4;1-9-5-10(2)7-11(6-9)13-14-8-16(15-13)4-3-12(17)18;1-4-14-10(12)5-11-8(2)6-13-7-9(11)3;1-6-4-13-5-7(2)11(6)3-8(12)10-9;1-6(4-8)3-7(2)5-9;1-6-3-7(2)5-8-4-6;1-2-7-4(6)3-5;1-3(4)2-5;1-3(5)2-4/h5-9,13,16-17H,10-12H2,1-4H3,(H,23,28)(H,24,29);3-8H,1-2H3,(H,17,18);8-9H,4-7H2,1-3H3;6-7H,3-5,9H2,1-2H3,(H,10,12);6-9H,3-5H2,1-2H3;6-7H,3-5H2,1-2H3;2-3H2,1H3;3,5H,2,4H2,1H3;4H,2H2,1H3/b6-5-;4-3-;;;;;;;. The number of aromatic nitrogens is 6. The number of Topliss-reactive ketones (excluding diaryl/α,β-unsaturated/α-hetero) is 1. The Morgan fingerprint density at radius 3 is 1.21 bits per heavy atom. The van der Waals surface area contributed by atoms with Gasteiger partial charge >= 0.3 is 17.9 Å². The van der Waals surface area contributed by atoms with Gasteiger partial charge in [0.15, 0.2) is 17.4 Å². The number of carboxylic acid groups (broad SMARTS) is 1. The number of morpholine rings is 3. The smallest absolute Gasteiger partial charge is 0.329 e. The second kappa shape index (κ2) is 58.6. The number of ketones is 1. The number of esters is 2. The van der Waals surface area contributed by atoms with Crippen LogP contribution in [0.15, 0.2) is 61.2 Å². The third-order valence-electron chi connectivity index (χ3n) is 16.0. The van der Waals surface area contributed by atoms with Crippen LogP contribution in [0.4, 0.5) is 0 Å². The van der Waals surface area contributed by atoms with E-state index in [1.807, 2.05) is 105 Å². The van der Waals surface area contributed by atoms with Gasteiger partial charge in [-0.3, -0.25) is 59.7 Å².